The van der Waals surface area contributed by atoms with Gasteiger partial charge in [-0.15, -0.1) is 12.4 Å². The predicted octanol–water partition coefficient (Wildman–Crippen LogP) is 3.17. The van der Waals surface area contributed by atoms with Gasteiger partial charge in [-0.1, -0.05) is 36.4 Å². The Morgan fingerprint density at radius 2 is 1.39 bits per heavy atom. The molecule has 0 atom stereocenters. The third kappa shape index (κ3) is 6.56. The van der Waals surface area contributed by atoms with Crippen molar-refractivity contribution in [3.63, 3.8) is 0 Å². The van der Waals surface area contributed by atoms with Crippen molar-refractivity contribution in [3.05, 3.63) is 65.2 Å². The number of hydrogen-bond acceptors (Lipinski definition) is 6. The molecule has 0 radical (unpaired) electrons. The summed E-state index contributed by atoms with van der Waals surface area (Å²) in [6, 6.07) is 18.2. The molecular weight excluding hydrogens is 456 g/mol. The van der Waals surface area contributed by atoms with Crippen molar-refractivity contribution in [3.8, 4) is 6.07 Å². The number of piperidine rings is 1. The normalized spacial score (nSPS) is 19.0. The van der Waals surface area contributed by atoms with Crippen LogP contribution in [0.1, 0.15) is 29.5 Å². The number of hydrogen-bond donors (Lipinski definition) is 0. The third-order valence-electron chi connectivity index (χ3n) is 6.78. The Kier molecular flexibility index (Phi) is 8.91. The van der Waals surface area contributed by atoms with Crippen LogP contribution < -0.4 is 0 Å². The highest BCUT2D eigenvalue weighted by Gasteiger charge is 2.28. The van der Waals surface area contributed by atoms with Crippen LogP contribution in [-0.4, -0.2) is 74.7 Å². The quantitative estimate of drug-likeness (QED) is 0.622. The van der Waals surface area contributed by atoms with E-state index in [1.165, 1.54) is 6.26 Å². The summed E-state index contributed by atoms with van der Waals surface area (Å²) in [6.45, 7) is 7.73. The fourth-order valence-corrected chi connectivity index (χ4v) is 5.91. The zero-order valence-corrected chi connectivity index (χ0v) is 20.8. The molecule has 0 bridgehead atoms. The maximum absolute atomic E-state index is 12.1. The molecule has 178 valence electrons. The van der Waals surface area contributed by atoms with Gasteiger partial charge in [0.2, 0.25) is 0 Å². The lowest BCUT2D eigenvalue weighted by Crippen LogP contribution is -2.52. The predicted molar refractivity (Wildman–Crippen MR) is 133 cm³/mol. The molecular formula is C25H33ClN4O2S. The lowest BCUT2D eigenvalue weighted by molar-refractivity contribution is 0.0548. The average molecular weight is 489 g/mol. The van der Waals surface area contributed by atoms with Crippen molar-refractivity contribution >= 4 is 22.2 Å². The van der Waals surface area contributed by atoms with E-state index in [4.69, 9.17) is 0 Å². The van der Waals surface area contributed by atoms with Crippen LogP contribution in [0.2, 0.25) is 0 Å². The Labute approximate surface area is 204 Å². The molecule has 0 N–H and O–H groups in total. The van der Waals surface area contributed by atoms with Crippen LogP contribution >= 0.6 is 12.4 Å². The number of benzene rings is 2. The summed E-state index contributed by atoms with van der Waals surface area (Å²) in [6.07, 6.45) is 3.53. The third-order valence-corrected chi connectivity index (χ3v) is 7.98. The van der Waals surface area contributed by atoms with Gasteiger partial charge < -0.3 is 0 Å². The molecule has 0 saturated carbocycles. The van der Waals surface area contributed by atoms with Crippen LogP contribution in [0.5, 0.6) is 0 Å². The van der Waals surface area contributed by atoms with E-state index in [2.05, 4.69) is 26.8 Å². The molecule has 0 unspecified atom stereocenters. The summed E-state index contributed by atoms with van der Waals surface area (Å²) >= 11 is 0. The van der Waals surface area contributed by atoms with Crippen LogP contribution in [0.15, 0.2) is 53.4 Å². The second-order valence-electron chi connectivity index (χ2n) is 8.97. The van der Waals surface area contributed by atoms with Crippen molar-refractivity contribution in [2.24, 2.45) is 0 Å². The Morgan fingerprint density at radius 3 is 2.03 bits per heavy atom. The Morgan fingerprint density at radius 1 is 0.848 bits per heavy atom. The van der Waals surface area contributed by atoms with Gasteiger partial charge in [0.25, 0.3) is 0 Å². The van der Waals surface area contributed by atoms with Gasteiger partial charge in [0.05, 0.1) is 16.5 Å². The molecule has 0 aromatic heterocycles. The first kappa shape index (κ1) is 25.7. The molecule has 2 saturated heterocycles. The minimum Gasteiger partial charge on any atom is -0.299 e. The largest absolute Gasteiger partial charge is 0.299 e. The topological polar surface area (TPSA) is 67.7 Å². The Balaban J connectivity index is 0.00000306. The molecule has 2 fully saturated rings. The van der Waals surface area contributed by atoms with Crippen LogP contribution in [0.4, 0.5) is 0 Å². The standard InChI is InChI=1S/C25H32N4O2S.ClH/c1-32(30,31)25-9-5-4-8-23(25)20-27-12-10-24(11-13-27)29-16-14-28(15-17-29)19-22-7-3-2-6-21(22)18-26;/h2-9,24H,10-17,19-20H2,1H3;1H. The zero-order chi connectivity index (χ0) is 22.6. The highest BCUT2D eigenvalue weighted by Crippen LogP contribution is 2.23. The highest BCUT2D eigenvalue weighted by atomic mass is 35.5. The van der Waals surface area contributed by atoms with Gasteiger partial charge in [0, 0.05) is 51.6 Å². The fourth-order valence-electron chi connectivity index (χ4n) is 4.97. The number of likely N-dealkylation sites (tertiary alicyclic amines) is 1. The molecule has 0 aliphatic carbocycles. The molecule has 4 rings (SSSR count). The number of sulfone groups is 1. The average Bonchev–Trinajstić information content (AvgIpc) is 2.80. The smallest absolute Gasteiger partial charge is 0.175 e. The van der Waals surface area contributed by atoms with Crippen molar-refractivity contribution in [1.82, 2.24) is 14.7 Å². The summed E-state index contributed by atoms with van der Waals surface area (Å²) in [5.41, 5.74) is 2.80. The van der Waals surface area contributed by atoms with E-state index in [9.17, 15) is 13.7 Å². The summed E-state index contributed by atoms with van der Waals surface area (Å²) in [4.78, 5) is 7.91. The first-order valence-corrected chi connectivity index (χ1v) is 13.3. The van der Waals surface area contributed by atoms with Crippen LogP contribution in [0, 0.1) is 11.3 Å². The van der Waals surface area contributed by atoms with E-state index < -0.39 is 9.84 Å². The molecule has 6 nitrogen and oxygen atoms in total. The van der Waals surface area contributed by atoms with E-state index in [-0.39, 0.29) is 12.4 Å². The summed E-state index contributed by atoms with van der Waals surface area (Å²) in [5.74, 6) is 0. The molecule has 8 heteroatoms. The highest BCUT2D eigenvalue weighted by molar-refractivity contribution is 7.90. The van der Waals surface area contributed by atoms with Crippen LogP contribution in [0.25, 0.3) is 0 Å². The van der Waals surface area contributed by atoms with Crippen LogP contribution in [0.3, 0.4) is 0 Å². The minimum atomic E-state index is -3.20. The summed E-state index contributed by atoms with van der Waals surface area (Å²) < 4.78 is 24.2. The Bertz CT molecular complexity index is 1070. The molecule has 2 aliphatic heterocycles. The van der Waals surface area contributed by atoms with Gasteiger partial charge in [0.15, 0.2) is 9.84 Å². The Hall–Kier alpha value is -1.95. The van der Waals surface area contributed by atoms with Gasteiger partial charge in [0.1, 0.15) is 0 Å². The monoisotopic (exact) mass is 488 g/mol. The number of piperazine rings is 1. The van der Waals surface area contributed by atoms with Crippen molar-refractivity contribution < 1.29 is 8.42 Å². The lowest BCUT2D eigenvalue weighted by atomic mass is 10.0. The number of halogens is 1. The number of rotatable bonds is 6. The van der Waals surface area contributed by atoms with Crippen LogP contribution in [-0.2, 0) is 22.9 Å². The molecule has 33 heavy (non-hydrogen) atoms. The van der Waals surface area contributed by atoms with Gasteiger partial charge in [-0.05, 0) is 49.2 Å². The molecule has 2 heterocycles. The zero-order valence-electron chi connectivity index (χ0n) is 19.2. The van der Waals surface area contributed by atoms with Crippen molar-refractivity contribution in [2.75, 3.05) is 45.5 Å². The minimum absolute atomic E-state index is 0. The van der Waals surface area contributed by atoms with Gasteiger partial charge in [-0.2, -0.15) is 5.26 Å². The number of nitrogens with zero attached hydrogens (tertiary/aromatic N) is 4. The molecule has 2 aliphatic rings. The van der Waals surface area contributed by atoms with Gasteiger partial charge in [-0.3, -0.25) is 14.7 Å². The first-order valence-electron chi connectivity index (χ1n) is 11.4. The van der Waals surface area contributed by atoms with E-state index in [0.717, 1.165) is 75.3 Å². The van der Waals surface area contributed by atoms with E-state index in [0.29, 0.717) is 17.5 Å². The van der Waals surface area contributed by atoms with E-state index in [1.807, 2.05) is 30.3 Å². The second kappa shape index (κ2) is 11.5. The van der Waals surface area contributed by atoms with Crippen molar-refractivity contribution in [2.45, 2.75) is 36.9 Å². The van der Waals surface area contributed by atoms with Crippen molar-refractivity contribution in [1.29, 1.82) is 5.26 Å². The second-order valence-corrected chi connectivity index (χ2v) is 11.0. The molecule has 2 aromatic carbocycles. The van der Waals surface area contributed by atoms with E-state index in [1.54, 1.807) is 12.1 Å². The maximum Gasteiger partial charge on any atom is 0.175 e. The summed E-state index contributed by atoms with van der Waals surface area (Å²) in [7, 11) is -3.20. The molecule has 2 aromatic rings. The molecule has 0 spiro atoms. The fraction of sp³-hybridized carbons (Fsp3) is 0.480. The van der Waals surface area contributed by atoms with Gasteiger partial charge >= 0.3 is 0 Å². The molecule has 0 amide bonds. The summed E-state index contributed by atoms with van der Waals surface area (Å²) in [5, 5.41) is 9.32. The number of nitriles is 1. The SMILES string of the molecule is CS(=O)(=O)c1ccccc1CN1CCC(N2CCN(Cc3ccccc3C#N)CC2)CC1.Cl. The lowest BCUT2D eigenvalue weighted by Gasteiger charge is -2.43. The first-order chi connectivity index (χ1) is 15.4. The van der Waals surface area contributed by atoms with E-state index >= 15 is 0 Å². The maximum atomic E-state index is 12.1. The van der Waals surface area contributed by atoms with Gasteiger partial charge in [-0.25, -0.2) is 8.42 Å².